The molecule has 0 radical (unpaired) electrons. The van der Waals surface area contributed by atoms with Crippen LogP contribution in [-0.4, -0.2) is 17.0 Å². The number of aromatic carboxylic acids is 1. The molecule has 2 aromatic rings. The van der Waals surface area contributed by atoms with E-state index >= 15 is 0 Å². The molecule has 0 aliphatic carbocycles. The van der Waals surface area contributed by atoms with Gasteiger partial charge in [0.05, 0.1) is 17.1 Å². The van der Waals surface area contributed by atoms with Gasteiger partial charge >= 0.3 is 5.97 Å². The molecule has 0 aliphatic heterocycles. The number of carboxylic acids is 1. The number of furan rings is 1. The molecule has 5 nitrogen and oxygen atoms in total. The maximum atomic E-state index is 11.8. The van der Waals surface area contributed by atoms with Gasteiger partial charge in [0.25, 0.3) is 5.91 Å². The molecule has 1 aromatic heterocycles. The van der Waals surface area contributed by atoms with E-state index in [1.807, 2.05) is 0 Å². The van der Waals surface area contributed by atoms with Gasteiger partial charge < -0.3 is 14.8 Å². The first-order valence-electron chi connectivity index (χ1n) is 5.42. The summed E-state index contributed by atoms with van der Waals surface area (Å²) in [7, 11) is 0. The van der Waals surface area contributed by atoms with Crippen LogP contribution in [0.25, 0.3) is 0 Å². The second-order valence-corrected chi connectivity index (χ2v) is 4.14. The Morgan fingerprint density at radius 2 is 1.95 bits per heavy atom. The van der Waals surface area contributed by atoms with E-state index in [-0.39, 0.29) is 18.2 Å². The first kappa shape index (κ1) is 13.2. The summed E-state index contributed by atoms with van der Waals surface area (Å²) in [4.78, 5) is 22.4. The van der Waals surface area contributed by atoms with Crippen LogP contribution in [0.2, 0.25) is 5.02 Å². The van der Waals surface area contributed by atoms with Gasteiger partial charge in [0, 0.05) is 0 Å². The fraction of sp³-hybridized carbons (Fsp3) is 0.0769. The van der Waals surface area contributed by atoms with E-state index in [4.69, 9.17) is 21.1 Å². The number of nitrogens with one attached hydrogen (secondary N) is 1. The molecule has 0 unspecified atom stereocenters. The predicted molar refractivity (Wildman–Crippen MR) is 68.3 cm³/mol. The van der Waals surface area contributed by atoms with Crippen LogP contribution in [0, 0.1) is 0 Å². The maximum absolute atomic E-state index is 11.8. The lowest BCUT2D eigenvalue weighted by molar-refractivity contribution is 0.0660. The second kappa shape index (κ2) is 5.58. The highest BCUT2D eigenvalue weighted by Gasteiger charge is 2.12. The summed E-state index contributed by atoms with van der Waals surface area (Å²) < 4.78 is 5.01. The molecule has 0 bridgehead atoms. The molecule has 0 aliphatic rings. The van der Waals surface area contributed by atoms with Crippen molar-refractivity contribution in [1.82, 2.24) is 5.32 Å². The van der Waals surface area contributed by atoms with Crippen LogP contribution in [0.3, 0.4) is 0 Å². The third-order valence-corrected chi connectivity index (χ3v) is 2.74. The summed E-state index contributed by atoms with van der Waals surface area (Å²) in [5.74, 6) is -1.30. The fourth-order valence-corrected chi connectivity index (χ4v) is 1.72. The van der Waals surface area contributed by atoms with Crippen molar-refractivity contribution in [1.29, 1.82) is 0 Å². The van der Waals surface area contributed by atoms with Gasteiger partial charge in [-0.05, 0) is 24.3 Å². The van der Waals surface area contributed by atoms with Crippen molar-refractivity contribution in [2.45, 2.75) is 6.54 Å². The molecule has 0 spiro atoms. The lowest BCUT2D eigenvalue weighted by Gasteiger charge is -2.04. The van der Waals surface area contributed by atoms with Crippen molar-refractivity contribution in [2.24, 2.45) is 0 Å². The number of benzene rings is 1. The first-order valence-corrected chi connectivity index (χ1v) is 5.80. The molecule has 1 aromatic carbocycles. The van der Waals surface area contributed by atoms with Gasteiger partial charge in [-0.3, -0.25) is 4.79 Å². The van der Waals surface area contributed by atoms with E-state index in [1.165, 1.54) is 12.1 Å². The Kier molecular flexibility index (Phi) is 3.87. The van der Waals surface area contributed by atoms with Crippen LogP contribution in [0.15, 0.2) is 40.8 Å². The Morgan fingerprint density at radius 3 is 2.58 bits per heavy atom. The summed E-state index contributed by atoms with van der Waals surface area (Å²) in [5, 5.41) is 11.6. The van der Waals surface area contributed by atoms with Crippen molar-refractivity contribution in [2.75, 3.05) is 0 Å². The average Bonchev–Trinajstić information content (AvgIpc) is 2.85. The molecule has 98 valence electrons. The van der Waals surface area contributed by atoms with E-state index in [0.717, 1.165) is 0 Å². The fourth-order valence-electron chi connectivity index (χ4n) is 1.50. The highest BCUT2D eigenvalue weighted by Crippen LogP contribution is 2.15. The number of carbonyl (C=O) groups is 2. The van der Waals surface area contributed by atoms with Gasteiger partial charge in [-0.15, -0.1) is 0 Å². The Balaban J connectivity index is 2.00. The number of hydrogen-bond donors (Lipinski definition) is 2. The van der Waals surface area contributed by atoms with Crippen LogP contribution in [0.1, 0.15) is 26.7 Å². The number of carbonyl (C=O) groups excluding carboxylic acids is 1. The Morgan fingerprint density at radius 1 is 1.21 bits per heavy atom. The second-order valence-electron chi connectivity index (χ2n) is 3.73. The highest BCUT2D eigenvalue weighted by molar-refractivity contribution is 6.33. The van der Waals surface area contributed by atoms with E-state index in [2.05, 4.69) is 5.32 Å². The number of hydrogen-bond acceptors (Lipinski definition) is 3. The topological polar surface area (TPSA) is 79.5 Å². The summed E-state index contributed by atoms with van der Waals surface area (Å²) in [6, 6.07) is 9.48. The Hall–Kier alpha value is -2.27. The van der Waals surface area contributed by atoms with Gasteiger partial charge in [-0.25, -0.2) is 4.79 Å². The molecular formula is C13H10ClNO4. The summed E-state index contributed by atoms with van der Waals surface area (Å²) in [6.45, 7) is 0.0946. The average molecular weight is 280 g/mol. The standard InChI is InChI=1S/C13H10ClNO4/c14-10-4-2-1-3-9(10)12(16)15-7-8-5-6-11(19-8)13(17)18/h1-6H,7H2,(H,15,16)(H,17,18). The van der Waals surface area contributed by atoms with E-state index < -0.39 is 5.97 Å². The van der Waals surface area contributed by atoms with Crippen molar-refractivity contribution < 1.29 is 19.1 Å². The third-order valence-electron chi connectivity index (χ3n) is 2.41. The van der Waals surface area contributed by atoms with Crippen molar-refractivity contribution >= 4 is 23.5 Å². The summed E-state index contributed by atoms with van der Waals surface area (Å²) in [6.07, 6.45) is 0. The molecular weight excluding hydrogens is 270 g/mol. The SMILES string of the molecule is O=C(O)c1ccc(CNC(=O)c2ccccc2Cl)o1. The normalized spacial score (nSPS) is 10.2. The quantitative estimate of drug-likeness (QED) is 0.901. The van der Waals surface area contributed by atoms with Gasteiger partial charge in [0.15, 0.2) is 0 Å². The molecule has 6 heteroatoms. The largest absolute Gasteiger partial charge is 0.475 e. The molecule has 0 atom stereocenters. The predicted octanol–water partition coefficient (Wildman–Crippen LogP) is 2.56. The van der Waals surface area contributed by atoms with E-state index in [0.29, 0.717) is 16.3 Å². The van der Waals surface area contributed by atoms with Gasteiger partial charge in [0.1, 0.15) is 5.76 Å². The van der Waals surface area contributed by atoms with Crippen molar-refractivity contribution in [3.05, 3.63) is 58.5 Å². The number of carboxylic acid groups (broad SMARTS) is 1. The van der Waals surface area contributed by atoms with E-state index in [1.54, 1.807) is 24.3 Å². The molecule has 0 saturated heterocycles. The lowest BCUT2D eigenvalue weighted by atomic mass is 10.2. The molecule has 1 amide bonds. The van der Waals surface area contributed by atoms with Gasteiger partial charge in [0.2, 0.25) is 5.76 Å². The van der Waals surface area contributed by atoms with Crippen LogP contribution in [0.4, 0.5) is 0 Å². The Labute approximate surface area is 113 Å². The summed E-state index contributed by atoms with van der Waals surface area (Å²) in [5.41, 5.74) is 0.356. The number of halogens is 1. The highest BCUT2D eigenvalue weighted by atomic mass is 35.5. The van der Waals surface area contributed by atoms with Crippen LogP contribution in [0.5, 0.6) is 0 Å². The summed E-state index contributed by atoms with van der Waals surface area (Å²) >= 11 is 5.88. The minimum atomic E-state index is -1.15. The monoisotopic (exact) mass is 279 g/mol. The zero-order valence-electron chi connectivity index (χ0n) is 9.72. The Bertz CT molecular complexity index is 621. The van der Waals surface area contributed by atoms with Crippen LogP contribution in [-0.2, 0) is 6.54 Å². The van der Waals surface area contributed by atoms with Crippen LogP contribution >= 0.6 is 11.6 Å². The van der Waals surface area contributed by atoms with Crippen molar-refractivity contribution in [3.63, 3.8) is 0 Å². The number of amides is 1. The lowest BCUT2D eigenvalue weighted by Crippen LogP contribution is -2.22. The van der Waals surface area contributed by atoms with Crippen LogP contribution < -0.4 is 5.32 Å². The number of rotatable bonds is 4. The van der Waals surface area contributed by atoms with E-state index in [9.17, 15) is 9.59 Å². The molecule has 19 heavy (non-hydrogen) atoms. The molecule has 2 N–H and O–H groups in total. The maximum Gasteiger partial charge on any atom is 0.371 e. The van der Waals surface area contributed by atoms with Gasteiger partial charge in [-0.1, -0.05) is 23.7 Å². The minimum absolute atomic E-state index is 0.0946. The first-order chi connectivity index (χ1) is 9.08. The van der Waals surface area contributed by atoms with Gasteiger partial charge in [-0.2, -0.15) is 0 Å². The zero-order chi connectivity index (χ0) is 13.8. The van der Waals surface area contributed by atoms with Crippen molar-refractivity contribution in [3.8, 4) is 0 Å². The zero-order valence-corrected chi connectivity index (χ0v) is 10.5. The molecule has 0 fully saturated rings. The molecule has 2 rings (SSSR count). The minimum Gasteiger partial charge on any atom is -0.475 e. The third kappa shape index (κ3) is 3.14. The molecule has 1 heterocycles. The smallest absolute Gasteiger partial charge is 0.371 e. The molecule has 0 saturated carbocycles.